The van der Waals surface area contributed by atoms with Crippen LogP contribution in [0.1, 0.15) is 27.7 Å². The Morgan fingerprint density at radius 3 is 2.29 bits per heavy atom. The predicted molar refractivity (Wildman–Crippen MR) is 88.5 cm³/mol. The van der Waals surface area contributed by atoms with Crippen LogP contribution < -0.4 is 5.32 Å². The quantitative estimate of drug-likeness (QED) is 0.681. The Bertz CT molecular complexity index is 286. The lowest BCUT2D eigenvalue weighted by atomic mass is 10.2. The minimum Gasteiger partial charge on any atom is -0.340 e. The monoisotopic (exact) mass is 298 g/mol. The number of hydrogen-bond donors (Lipinski definition) is 1. The third kappa shape index (κ3) is 7.25. The highest BCUT2D eigenvalue weighted by Crippen LogP contribution is 2.03. The second kappa shape index (κ2) is 10.1. The van der Waals surface area contributed by atoms with Crippen LogP contribution in [0.5, 0.6) is 0 Å². The molecule has 5 heteroatoms. The van der Waals surface area contributed by atoms with Gasteiger partial charge in [-0.05, 0) is 19.0 Å². The van der Waals surface area contributed by atoms with Crippen LogP contribution in [0.15, 0.2) is 0 Å². The first-order valence-corrected chi connectivity index (χ1v) is 8.50. The van der Waals surface area contributed by atoms with Gasteiger partial charge in [-0.25, -0.2) is 0 Å². The van der Waals surface area contributed by atoms with E-state index in [2.05, 4.69) is 47.7 Å². The van der Waals surface area contributed by atoms with Crippen molar-refractivity contribution in [2.45, 2.75) is 27.7 Å². The summed E-state index contributed by atoms with van der Waals surface area (Å²) in [6, 6.07) is 0. The lowest BCUT2D eigenvalue weighted by Gasteiger charge is -2.32. The molecule has 1 fully saturated rings. The third-order valence-electron chi connectivity index (χ3n) is 4.09. The number of carbonyl (C=O) groups is 1. The highest BCUT2D eigenvalue weighted by Gasteiger charge is 2.19. The van der Waals surface area contributed by atoms with Crippen molar-refractivity contribution < 1.29 is 4.79 Å². The van der Waals surface area contributed by atoms with Gasteiger partial charge in [0, 0.05) is 45.8 Å². The summed E-state index contributed by atoms with van der Waals surface area (Å²) in [5, 5.41) is 3.33. The largest absolute Gasteiger partial charge is 0.340 e. The summed E-state index contributed by atoms with van der Waals surface area (Å²) in [6.45, 7) is 18.1. The van der Waals surface area contributed by atoms with E-state index in [1.807, 2.05) is 0 Å². The van der Waals surface area contributed by atoms with Crippen molar-refractivity contribution in [3.63, 3.8) is 0 Å². The fraction of sp³-hybridized carbons (Fsp3) is 0.938. The van der Waals surface area contributed by atoms with Crippen LogP contribution in [0.3, 0.4) is 0 Å². The normalized spacial score (nSPS) is 16.7. The number of rotatable bonds is 9. The predicted octanol–water partition coefficient (Wildman–Crippen LogP) is 0.718. The van der Waals surface area contributed by atoms with Gasteiger partial charge in [0.1, 0.15) is 0 Å². The van der Waals surface area contributed by atoms with Gasteiger partial charge in [-0.15, -0.1) is 0 Å². The molecule has 0 atom stereocenters. The van der Waals surface area contributed by atoms with Gasteiger partial charge >= 0.3 is 0 Å². The molecule has 21 heavy (non-hydrogen) atoms. The smallest absolute Gasteiger partial charge is 0.236 e. The van der Waals surface area contributed by atoms with Gasteiger partial charge < -0.3 is 15.1 Å². The number of amides is 1. The Morgan fingerprint density at radius 2 is 1.76 bits per heavy atom. The van der Waals surface area contributed by atoms with E-state index in [0.29, 0.717) is 12.5 Å². The van der Waals surface area contributed by atoms with Gasteiger partial charge in [0.15, 0.2) is 0 Å². The molecule has 0 radical (unpaired) electrons. The summed E-state index contributed by atoms with van der Waals surface area (Å²) in [7, 11) is 0. The third-order valence-corrected chi connectivity index (χ3v) is 4.09. The molecule has 0 aromatic carbocycles. The van der Waals surface area contributed by atoms with E-state index in [1.54, 1.807) is 0 Å². The fourth-order valence-corrected chi connectivity index (χ4v) is 2.72. The SMILES string of the molecule is CCN(CC)CCN(CC(C)C)C(=O)CN1CCNCC1. The van der Waals surface area contributed by atoms with Gasteiger partial charge in [0.2, 0.25) is 5.91 Å². The summed E-state index contributed by atoms with van der Waals surface area (Å²) in [5.74, 6) is 0.812. The van der Waals surface area contributed by atoms with Gasteiger partial charge in [0.25, 0.3) is 0 Å². The van der Waals surface area contributed by atoms with Gasteiger partial charge in [0.05, 0.1) is 6.54 Å². The van der Waals surface area contributed by atoms with Crippen molar-refractivity contribution in [2.24, 2.45) is 5.92 Å². The zero-order chi connectivity index (χ0) is 15.7. The molecule has 1 aliphatic heterocycles. The Morgan fingerprint density at radius 1 is 1.14 bits per heavy atom. The molecule has 1 rings (SSSR count). The van der Waals surface area contributed by atoms with Gasteiger partial charge in [-0.2, -0.15) is 0 Å². The standard InChI is InChI=1S/C16H34N4O/c1-5-18(6-2)11-12-20(13-15(3)4)16(21)14-19-9-7-17-8-10-19/h15,17H,5-14H2,1-4H3. The van der Waals surface area contributed by atoms with Gasteiger partial charge in [-0.3, -0.25) is 9.69 Å². The van der Waals surface area contributed by atoms with Crippen LogP contribution in [-0.4, -0.2) is 86.1 Å². The van der Waals surface area contributed by atoms with Crippen molar-refractivity contribution in [3.8, 4) is 0 Å². The molecule has 0 saturated carbocycles. The zero-order valence-electron chi connectivity index (χ0n) is 14.4. The molecule has 1 aliphatic rings. The Labute approximate surface area is 130 Å². The number of carbonyl (C=O) groups excluding carboxylic acids is 1. The minimum absolute atomic E-state index is 0.290. The average molecular weight is 298 g/mol. The van der Waals surface area contributed by atoms with Crippen molar-refractivity contribution in [1.29, 1.82) is 0 Å². The van der Waals surface area contributed by atoms with E-state index in [4.69, 9.17) is 0 Å². The topological polar surface area (TPSA) is 38.8 Å². The lowest BCUT2D eigenvalue weighted by molar-refractivity contribution is -0.133. The van der Waals surface area contributed by atoms with E-state index in [-0.39, 0.29) is 5.91 Å². The molecule has 5 nitrogen and oxygen atoms in total. The molecule has 0 bridgehead atoms. The van der Waals surface area contributed by atoms with Crippen LogP contribution >= 0.6 is 0 Å². The highest BCUT2D eigenvalue weighted by molar-refractivity contribution is 5.78. The van der Waals surface area contributed by atoms with Crippen molar-refractivity contribution >= 4 is 5.91 Å². The second-order valence-corrected chi connectivity index (χ2v) is 6.29. The van der Waals surface area contributed by atoms with E-state index in [1.165, 1.54) is 0 Å². The van der Waals surface area contributed by atoms with Crippen molar-refractivity contribution in [1.82, 2.24) is 20.0 Å². The zero-order valence-corrected chi connectivity index (χ0v) is 14.4. The number of likely N-dealkylation sites (N-methyl/N-ethyl adjacent to an activating group) is 1. The molecule has 1 saturated heterocycles. The summed E-state index contributed by atoms with van der Waals surface area (Å²) >= 11 is 0. The Hall–Kier alpha value is -0.650. The first kappa shape index (κ1) is 18.4. The van der Waals surface area contributed by atoms with Gasteiger partial charge in [-0.1, -0.05) is 27.7 Å². The summed E-state index contributed by atoms with van der Waals surface area (Å²) in [4.78, 5) is 19.3. The second-order valence-electron chi connectivity index (χ2n) is 6.29. The molecule has 124 valence electrons. The van der Waals surface area contributed by atoms with Crippen LogP contribution in [-0.2, 0) is 4.79 Å². The Balaban J connectivity index is 2.47. The molecule has 1 heterocycles. The van der Waals surface area contributed by atoms with Crippen LogP contribution in [0.2, 0.25) is 0 Å². The van der Waals surface area contributed by atoms with Crippen molar-refractivity contribution in [3.05, 3.63) is 0 Å². The summed E-state index contributed by atoms with van der Waals surface area (Å²) < 4.78 is 0. The highest BCUT2D eigenvalue weighted by atomic mass is 16.2. The molecule has 1 N–H and O–H groups in total. The maximum absolute atomic E-state index is 12.6. The number of nitrogens with one attached hydrogen (secondary N) is 1. The first-order chi connectivity index (χ1) is 10.1. The minimum atomic E-state index is 0.290. The maximum Gasteiger partial charge on any atom is 0.236 e. The number of piperazine rings is 1. The first-order valence-electron chi connectivity index (χ1n) is 8.50. The number of hydrogen-bond acceptors (Lipinski definition) is 4. The van der Waals surface area contributed by atoms with Crippen LogP contribution in [0, 0.1) is 5.92 Å². The molecular weight excluding hydrogens is 264 g/mol. The van der Waals surface area contributed by atoms with E-state index in [0.717, 1.165) is 58.9 Å². The molecular formula is C16H34N4O. The van der Waals surface area contributed by atoms with Crippen molar-refractivity contribution in [2.75, 3.05) is 65.4 Å². The van der Waals surface area contributed by atoms with E-state index in [9.17, 15) is 4.79 Å². The molecule has 0 aromatic rings. The molecule has 0 aromatic heterocycles. The summed E-state index contributed by atoms with van der Waals surface area (Å²) in [5.41, 5.74) is 0. The average Bonchev–Trinajstić information content (AvgIpc) is 2.47. The molecule has 0 unspecified atom stereocenters. The number of nitrogens with zero attached hydrogens (tertiary/aromatic N) is 3. The van der Waals surface area contributed by atoms with Crippen LogP contribution in [0.25, 0.3) is 0 Å². The summed E-state index contributed by atoms with van der Waals surface area (Å²) in [6.07, 6.45) is 0. The molecule has 0 aliphatic carbocycles. The molecule has 0 spiro atoms. The Kier molecular flexibility index (Phi) is 8.88. The molecule has 1 amide bonds. The maximum atomic E-state index is 12.6. The van der Waals surface area contributed by atoms with E-state index >= 15 is 0 Å². The fourth-order valence-electron chi connectivity index (χ4n) is 2.72. The lowest BCUT2D eigenvalue weighted by Crippen LogP contribution is -2.50. The van der Waals surface area contributed by atoms with E-state index < -0.39 is 0 Å². The van der Waals surface area contributed by atoms with Crippen LogP contribution in [0.4, 0.5) is 0 Å².